The van der Waals surface area contributed by atoms with Gasteiger partial charge in [0.1, 0.15) is 11.4 Å². The number of hydrogen-bond donors (Lipinski definition) is 2. The van der Waals surface area contributed by atoms with E-state index in [0.29, 0.717) is 13.1 Å². The molecule has 0 aromatic heterocycles. The SMILES string of the molecule is COc1ccc(NNC(=O)[C@H]2CCCN(C(=O)OC(C)(C)C)C2)cc1. The van der Waals surface area contributed by atoms with Crippen molar-refractivity contribution in [2.75, 3.05) is 25.6 Å². The zero-order valence-corrected chi connectivity index (χ0v) is 15.3. The van der Waals surface area contributed by atoms with Crippen LogP contribution in [-0.2, 0) is 9.53 Å². The van der Waals surface area contributed by atoms with Gasteiger partial charge in [-0.2, -0.15) is 0 Å². The fourth-order valence-corrected chi connectivity index (χ4v) is 2.59. The largest absolute Gasteiger partial charge is 0.497 e. The molecule has 0 unspecified atom stereocenters. The average molecular weight is 349 g/mol. The fourth-order valence-electron chi connectivity index (χ4n) is 2.59. The van der Waals surface area contributed by atoms with Crippen molar-refractivity contribution in [2.45, 2.75) is 39.2 Å². The van der Waals surface area contributed by atoms with Crippen LogP contribution in [0, 0.1) is 5.92 Å². The maximum Gasteiger partial charge on any atom is 0.410 e. The Bertz CT molecular complexity index is 595. The Balaban J connectivity index is 1.85. The monoisotopic (exact) mass is 349 g/mol. The molecule has 25 heavy (non-hydrogen) atoms. The summed E-state index contributed by atoms with van der Waals surface area (Å²) in [4.78, 5) is 26.1. The van der Waals surface area contributed by atoms with Crippen molar-refractivity contribution in [1.29, 1.82) is 0 Å². The Kier molecular flexibility index (Phi) is 6.12. The standard InChI is InChI=1S/C18H27N3O4/c1-18(2,3)25-17(23)21-11-5-6-13(12-21)16(22)20-19-14-7-9-15(24-4)10-8-14/h7-10,13,19H,5-6,11-12H2,1-4H3,(H,20,22)/t13-/m0/s1. The van der Waals surface area contributed by atoms with Crippen LogP contribution < -0.4 is 15.6 Å². The van der Waals surface area contributed by atoms with Crippen LogP contribution in [0.4, 0.5) is 10.5 Å². The van der Waals surface area contributed by atoms with Gasteiger partial charge in [0, 0.05) is 13.1 Å². The van der Waals surface area contributed by atoms with E-state index in [1.165, 1.54) is 0 Å². The van der Waals surface area contributed by atoms with E-state index in [1.807, 2.05) is 32.9 Å². The maximum atomic E-state index is 12.4. The molecule has 1 aromatic rings. The third kappa shape index (κ3) is 5.85. The van der Waals surface area contributed by atoms with Gasteiger partial charge in [0.2, 0.25) is 5.91 Å². The lowest BCUT2D eigenvalue weighted by atomic mass is 9.98. The van der Waals surface area contributed by atoms with Crippen LogP contribution in [0.2, 0.25) is 0 Å². The second kappa shape index (κ2) is 8.09. The van der Waals surface area contributed by atoms with Crippen LogP contribution in [0.3, 0.4) is 0 Å². The molecule has 1 saturated heterocycles. The lowest BCUT2D eigenvalue weighted by Gasteiger charge is -2.33. The number of amides is 2. The van der Waals surface area contributed by atoms with Crippen molar-refractivity contribution >= 4 is 17.7 Å². The number of carbonyl (C=O) groups excluding carboxylic acids is 2. The highest BCUT2D eigenvalue weighted by Gasteiger charge is 2.30. The highest BCUT2D eigenvalue weighted by molar-refractivity contribution is 5.81. The zero-order valence-electron chi connectivity index (χ0n) is 15.3. The minimum atomic E-state index is -0.539. The Labute approximate surface area is 148 Å². The molecule has 138 valence electrons. The van der Waals surface area contributed by atoms with Crippen molar-refractivity contribution < 1.29 is 19.1 Å². The van der Waals surface area contributed by atoms with E-state index in [4.69, 9.17) is 9.47 Å². The Morgan fingerprint density at radius 3 is 2.48 bits per heavy atom. The van der Waals surface area contributed by atoms with Crippen molar-refractivity contribution in [3.05, 3.63) is 24.3 Å². The minimum absolute atomic E-state index is 0.135. The van der Waals surface area contributed by atoms with Crippen molar-refractivity contribution in [3.63, 3.8) is 0 Å². The van der Waals surface area contributed by atoms with Crippen LogP contribution in [0.25, 0.3) is 0 Å². The second-order valence-corrected chi connectivity index (χ2v) is 7.11. The summed E-state index contributed by atoms with van der Waals surface area (Å²) in [5, 5.41) is 0. The number of nitrogens with one attached hydrogen (secondary N) is 2. The number of methoxy groups -OCH3 is 1. The van der Waals surface area contributed by atoms with Crippen LogP contribution in [-0.4, -0.2) is 42.7 Å². The van der Waals surface area contributed by atoms with E-state index in [0.717, 1.165) is 24.3 Å². The lowest BCUT2D eigenvalue weighted by Crippen LogP contribution is -2.47. The van der Waals surface area contributed by atoms with Crippen LogP contribution in [0.1, 0.15) is 33.6 Å². The van der Waals surface area contributed by atoms with Gasteiger partial charge < -0.3 is 14.4 Å². The summed E-state index contributed by atoms with van der Waals surface area (Å²) in [6, 6.07) is 7.23. The molecule has 0 aliphatic carbocycles. The highest BCUT2D eigenvalue weighted by atomic mass is 16.6. The molecule has 0 spiro atoms. The van der Waals surface area contributed by atoms with E-state index in [9.17, 15) is 9.59 Å². The molecule has 0 saturated carbocycles. The summed E-state index contributed by atoms with van der Waals surface area (Å²) < 4.78 is 10.5. The van der Waals surface area contributed by atoms with E-state index >= 15 is 0 Å². The van der Waals surface area contributed by atoms with Gasteiger partial charge in [-0.05, 0) is 57.9 Å². The average Bonchev–Trinajstić information content (AvgIpc) is 2.58. The van der Waals surface area contributed by atoms with E-state index in [2.05, 4.69) is 10.9 Å². The summed E-state index contributed by atoms with van der Waals surface area (Å²) in [6.07, 6.45) is 1.16. The molecule has 0 bridgehead atoms. The smallest absolute Gasteiger partial charge is 0.410 e. The number of likely N-dealkylation sites (tertiary alicyclic amines) is 1. The number of carbonyl (C=O) groups is 2. The molecule has 2 amide bonds. The van der Waals surface area contributed by atoms with Crippen LogP contribution in [0.5, 0.6) is 5.75 Å². The van der Waals surface area contributed by atoms with Gasteiger partial charge in [0.05, 0.1) is 18.7 Å². The lowest BCUT2D eigenvalue weighted by molar-refractivity contribution is -0.126. The predicted molar refractivity (Wildman–Crippen MR) is 95.3 cm³/mol. The first-order chi connectivity index (χ1) is 11.8. The normalized spacial score (nSPS) is 17.6. The number of rotatable bonds is 4. The van der Waals surface area contributed by atoms with Gasteiger partial charge in [0.25, 0.3) is 0 Å². The van der Waals surface area contributed by atoms with Gasteiger partial charge in [-0.15, -0.1) is 0 Å². The summed E-state index contributed by atoms with van der Waals surface area (Å²) in [7, 11) is 1.60. The van der Waals surface area contributed by atoms with E-state index < -0.39 is 5.60 Å². The molecule has 7 heteroatoms. The number of piperidine rings is 1. The molecule has 0 radical (unpaired) electrons. The number of benzene rings is 1. The Hall–Kier alpha value is -2.44. The van der Waals surface area contributed by atoms with Gasteiger partial charge in [0.15, 0.2) is 0 Å². The molecule has 1 fully saturated rings. The van der Waals surface area contributed by atoms with E-state index in [1.54, 1.807) is 24.1 Å². The van der Waals surface area contributed by atoms with Gasteiger partial charge in [-0.3, -0.25) is 15.6 Å². The second-order valence-electron chi connectivity index (χ2n) is 7.11. The molecule has 1 aromatic carbocycles. The molecule has 2 N–H and O–H groups in total. The topological polar surface area (TPSA) is 79.9 Å². The molecule has 1 aliphatic heterocycles. The molecular formula is C18H27N3O4. The first-order valence-electron chi connectivity index (χ1n) is 8.46. The first kappa shape index (κ1) is 18.9. The third-order valence-corrected chi connectivity index (χ3v) is 3.86. The van der Waals surface area contributed by atoms with Crippen LogP contribution >= 0.6 is 0 Å². The zero-order chi connectivity index (χ0) is 18.4. The van der Waals surface area contributed by atoms with Gasteiger partial charge in [-0.1, -0.05) is 0 Å². The summed E-state index contributed by atoms with van der Waals surface area (Å²) in [6.45, 7) is 6.48. The quantitative estimate of drug-likeness (QED) is 0.817. The number of nitrogens with zero attached hydrogens (tertiary/aromatic N) is 1. The Morgan fingerprint density at radius 1 is 1.20 bits per heavy atom. The third-order valence-electron chi connectivity index (χ3n) is 3.86. The minimum Gasteiger partial charge on any atom is -0.497 e. The maximum absolute atomic E-state index is 12.4. The number of hydrogen-bond acceptors (Lipinski definition) is 5. The highest BCUT2D eigenvalue weighted by Crippen LogP contribution is 2.20. The number of ether oxygens (including phenoxy) is 2. The molecule has 1 aliphatic rings. The number of hydrazine groups is 1. The van der Waals surface area contributed by atoms with Crippen molar-refractivity contribution in [1.82, 2.24) is 10.3 Å². The Morgan fingerprint density at radius 2 is 1.88 bits per heavy atom. The van der Waals surface area contributed by atoms with Gasteiger partial charge in [-0.25, -0.2) is 4.79 Å². The summed E-state index contributed by atoms with van der Waals surface area (Å²) in [5.74, 6) is 0.355. The first-order valence-corrected chi connectivity index (χ1v) is 8.46. The molecule has 1 atom stereocenters. The van der Waals surface area contributed by atoms with Crippen molar-refractivity contribution in [3.8, 4) is 5.75 Å². The van der Waals surface area contributed by atoms with Crippen LogP contribution in [0.15, 0.2) is 24.3 Å². The van der Waals surface area contributed by atoms with Gasteiger partial charge >= 0.3 is 6.09 Å². The van der Waals surface area contributed by atoms with Crippen molar-refractivity contribution in [2.24, 2.45) is 5.92 Å². The predicted octanol–water partition coefficient (Wildman–Crippen LogP) is 2.79. The number of anilines is 1. The molecule has 1 heterocycles. The van der Waals surface area contributed by atoms with E-state index in [-0.39, 0.29) is 17.9 Å². The molecule has 7 nitrogen and oxygen atoms in total. The molecular weight excluding hydrogens is 322 g/mol. The summed E-state index contributed by atoms with van der Waals surface area (Å²) in [5.41, 5.74) is 5.81. The fraction of sp³-hybridized carbons (Fsp3) is 0.556. The molecule has 2 rings (SSSR count). The summed E-state index contributed by atoms with van der Waals surface area (Å²) >= 11 is 0.